The van der Waals surface area contributed by atoms with Gasteiger partial charge in [0.25, 0.3) is 5.91 Å². The highest BCUT2D eigenvalue weighted by atomic mass is 35.5. The maximum Gasteiger partial charge on any atom is 0.294 e. The molecule has 3 rings (SSSR count). The van der Waals surface area contributed by atoms with Gasteiger partial charge in [-0.15, -0.1) is 0 Å². The van der Waals surface area contributed by atoms with Crippen LogP contribution < -0.4 is 4.90 Å². The molecule has 0 aromatic heterocycles. The quantitative estimate of drug-likeness (QED) is 0.752. The summed E-state index contributed by atoms with van der Waals surface area (Å²) < 4.78 is 13.6. The summed E-state index contributed by atoms with van der Waals surface area (Å²) in [5.74, 6) is -2.62. The van der Waals surface area contributed by atoms with Gasteiger partial charge in [-0.3, -0.25) is 14.5 Å². The third-order valence-corrected chi connectivity index (χ3v) is 5.17. The number of aryl methyl sites for hydroxylation is 1. The van der Waals surface area contributed by atoms with Crippen molar-refractivity contribution in [2.24, 2.45) is 5.92 Å². The molecule has 2 aromatic rings. The Kier molecular flexibility index (Phi) is 5.57. The Morgan fingerprint density at radius 2 is 1.86 bits per heavy atom. The summed E-state index contributed by atoms with van der Waals surface area (Å²) in [5.41, 5.74) is 2.14. The van der Waals surface area contributed by atoms with Crippen LogP contribution in [0, 0.1) is 11.7 Å². The van der Waals surface area contributed by atoms with Crippen LogP contribution >= 0.6 is 11.6 Å². The van der Waals surface area contributed by atoms with E-state index >= 15 is 0 Å². The first-order chi connectivity index (χ1) is 13.3. The molecule has 0 saturated heterocycles. The van der Waals surface area contributed by atoms with E-state index in [-0.39, 0.29) is 16.4 Å². The van der Waals surface area contributed by atoms with Crippen LogP contribution in [-0.4, -0.2) is 16.8 Å². The molecule has 6 heteroatoms. The number of benzene rings is 2. The Labute approximate surface area is 168 Å². The van der Waals surface area contributed by atoms with E-state index in [0.29, 0.717) is 11.3 Å². The SMILES string of the molecule is CCc1ccc(C2C(C(=O)C(C)C)=C(O)C(=O)N2c2ccc(F)c(Cl)c2)cc1. The number of halogens is 2. The maximum absolute atomic E-state index is 13.6. The highest BCUT2D eigenvalue weighted by Gasteiger charge is 2.44. The highest BCUT2D eigenvalue weighted by Crippen LogP contribution is 2.42. The molecule has 0 radical (unpaired) electrons. The molecule has 4 nitrogen and oxygen atoms in total. The standard InChI is InChI=1S/C22H21ClFNO3/c1-4-13-5-7-14(8-6-13)19-18(20(26)12(2)3)21(27)22(28)25(19)15-9-10-17(24)16(23)11-15/h5-12,19,27H,4H2,1-3H3. The summed E-state index contributed by atoms with van der Waals surface area (Å²) in [6.07, 6.45) is 0.847. The average Bonchev–Trinajstić information content (AvgIpc) is 2.94. The van der Waals surface area contributed by atoms with Crippen molar-refractivity contribution in [1.29, 1.82) is 0 Å². The number of carbonyl (C=O) groups is 2. The Balaban J connectivity index is 2.18. The summed E-state index contributed by atoms with van der Waals surface area (Å²) in [5, 5.41) is 10.4. The molecule has 1 aliphatic rings. The minimum atomic E-state index is -0.810. The summed E-state index contributed by atoms with van der Waals surface area (Å²) in [6.45, 7) is 5.45. The van der Waals surface area contributed by atoms with Crippen molar-refractivity contribution in [2.75, 3.05) is 4.90 Å². The van der Waals surface area contributed by atoms with Gasteiger partial charge in [-0.05, 0) is 35.7 Å². The number of amides is 1. The minimum absolute atomic E-state index is 0.0460. The molecule has 28 heavy (non-hydrogen) atoms. The molecule has 0 aliphatic carbocycles. The second kappa shape index (κ2) is 7.76. The van der Waals surface area contributed by atoms with E-state index in [4.69, 9.17) is 11.6 Å². The van der Waals surface area contributed by atoms with Gasteiger partial charge in [0.05, 0.1) is 16.6 Å². The molecule has 0 fully saturated rings. The van der Waals surface area contributed by atoms with Gasteiger partial charge in [-0.2, -0.15) is 0 Å². The lowest BCUT2D eigenvalue weighted by molar-refractivity contribution is -0.119. The molecule has 0 bridgehead atoms. The normalized spacial score (nSPS) is 17.0. The number of Topliss-reactive ketones (excluding diaryl/α,β-unsaturated/α-hetero) is 1. The summed E-state index contributed by atoms with van der Waals surface area (Å²) in [4.78, 5) is 27.0. The number of hydrogen-bond acceptors (Lipinski definition) is 3. The van der Waals surface area contributed by atoms with Crippen molar-refractivity contribution in [1.82, 2.24) is 0 Å². The fourth-order valence-corrected chi connectivity index (χ4v) is 3.49. The minimum Gasteiger partial charge on any atom is -0.503 e. The molecule has 1 N–H and O–H groups in total. The molecule has 1 amide bonds. The van der Waals surface area contributed by atoms with E-state index in [1.807, 2.05) is 31.2 Å². The van der Waals surface area contributed by atoms with E-state index in [2.05, 4.69) is 0 Å². The van der Waals surface area contributed by atoms with Crippen LogP contribution in [0.5, 0.6) is 0 Å². The predicted octanol–water partition coefficient (Wildman–Crippen LogP) is 5.17. The van der Waals surface area contributed by atoms with E-state index in [1.165, 1.54) is 17.0 Å². The van der Waals surface area contributed by atoms with Crippen LogP contribution in [-0.2, 0) is 16.0 Å². The van der Waals surface area contributed by atoms with E-state index in [1.54, 1.807) is 13.8 Å². The van der Waals surface area contributed by atoms with Gasteiger partial charge in [-0.1, -0.05) is 56.6 Å². The van der Waals surface area contributed by atoms with Crippen molar-refractivity contribution in [2.45, 2.75) is 33.2 Å². The molecule has 146 valence electrons. The third kappa shape index (κ3) is 3.42. The molecule has 1 unspecified atom stereocenters. The lowest BCUT2D eigenvalue weighted by atomic mass is 9.90. The second-order valence-electron chi connectivity index (χ2n) is 7.05. The van der Waals surface area contributed by atoms with E-state index in [9.17, 15) is 19.1 Å². The fraction of sp³-hybridized carbons (Fsp3) is 0.273. The van der Waals surface area contributed by atoms with Crippen LogP contribution in [0.4, 0.5) is 10.1 Å². The van der Waals surface area contributed by atoms with Gasteiger partial charge in [0.2, 0.25) is 0 Å². The topological polar surface area (TPSA) is 57.6 Å². The number of aliphatic hydroxyl groups excluding tert-OH is 1. The van der Waals surface area contributed by atoms with Crippen LogP contribution in [0.3, 0.4) is 0 Å². The predicted molar refractivity (Wildman–Crippen MR) is 107 cm³/mol. The van der Waals surface area contributed by atoms with Crippen molar-refractivity contribution in [3.8, 4) is 0 Å². The molecular weight excluding hydrogens is 381 g/mol. The molecule has 0 saturated carbocycles. The van der Waals surface area contributed by atoms with Crippen LogP contribution in [0.2, 0.25) is 5.02 Å². The number of aliphatic hydroxyl groups is 1. The van der Waals surface area contributed by atoms with Gasteiger partial charge in [0.15, 0.2) is 11.5 Å². The zero-order valence-electron chi connectivity index (χ0n) is 15.9. The van der Waals surface area contributed by atoms with E-state index in [0.717, 1.165) is 18.1 Å². The lowest BCUT2D eigenvalue weighted by Crippen LogP contribution is -2.31. The molecule has 1 heterocycles. The first-order valence-corrected chi connectivity index (χ1v) is 9.48. The maximum atomic E-state index is 13.6. The zero-order valence-corrected chi connectivity index (χ0v) is 16.6. The highest BCUT2D eigenvalue weighted by molar-refractivity contribution is 6.31. The Bertz CT molecular complexity index is 966. The monoisotopic (exact) mass is 401 g/mol. The summed E-state index contributed by atoms with van der Waals surface area (Å²) in [7, 11) is 0. The van der Waals surface area contributed by atoms with Crippen molar-refractivity contribution >= 4 is 29.0 Å². The van der Waals surface area contributed by atoms with Crippen LogP contribution in [0.15, 0.2) is 53.8 Å². The van der Waals surface area contributed by atoms with Gasteiger partial charge in [-0.25, -0.2) is 4.39 Å². The van der Waals surface area contributed by atoms with Crippen LogP contribution in [0.1, 0.15) is 37.9 Å². The third-order valence-electron chi connectivity index (χ3n) is 4.88. The average molecular weight is 402 g/mol. The largest absolute Gasteiger partial charge is 0.503 e. The second-order valence-corrected chi connectivity index (χ2v) is 7.46. The van der Waals surface area contributed by atoms with Gasteiger partial charge in [0, 0.05) is 11.6 Å². The van der Waals surface area contributed by atoms with Gasteiger partial charge < -0.3 is 5.11 Å². The Morgan fingerprint density at radius 3 is 2.39 bits per heavy atom. The van der Waals surface area contributed by atoms with Crippen molar-refractivity contribution in [3.05, 3.63) is 75.8 Å². The molecule has 1 aliphatic heterocycles. The molecular formula is C22H21ClFNO3. The van der Waals surface area contributed by atoms with Crippen LogP contribution in [0.25, 0.3) is 0 Å². The van der Waals surface area contributed by atoms with Gasteiger partial charge >= 0.3 is 0 Å². The first-order valence-electron chi connectivity index (χ1n) is 9.11. The number of rotatable bonds is 5. The number of nitrogens with zero attached hydrogens (tertiary/aromatic N) is 1. The van der Waals surface area contributed by atoms with E-state index < -0.39 is 29.4 Å². The first kappa shape index (κ1) is 20.1. The molecule has 1 atom stereocenters. The van der Waals surface area contributed by atoms with Crippen molar-refractivity contribution in [3.63, 3.8) is 0 Å². The number of anilines is 1. The number of ketones is 1. The lowest BCUT2D eigenvalue weighted by Gasteiger charge is -2.27. The fourth-order valence-electron chi connectivity index (χ4n) is 3.32. The smallest absolute Gasteiger partial charge is 0.294 e. The Morgan fingerprint density at radius 1 is 1.21 bits per heavy atom. The van der Waals surface area contributed by atoms with Gasteiger partial charge in [0.1, 0.15) is 5.82 Å². The summed E-state index contributed by atoms with van der Waals surface area (Å²) in [6, 6.07) is 10.6. The zero-order chi connectivity index (χ0) is 20.6. The van der Waals surface area contributed by atoms with Crippen molar-refractivity contribution < 1.29 is 19.1 Å². The summed E-state index contributed by atoms with van der Waals surface area (Å²) >= 11 is 5.90. The Hall–Kier alpha value is -2.66. The number of hydrogen-bond donors (Lipinski definition) is 1. The number of carbonyl (C=O) groups excluding carboxylic acids is 2. The molecule has 2 aromatic carbocycles. The molecule has 0 spiro atoms.